The van der Waals surface area contributed by atoms with Crippen molar-refractivity contribution in [1.29, 1.82) is 0 Å². The minimum Gasteiger partial charge on any atom is -0.508 e. The van der Waals surface area contributed by atoms with E-state index >= 15 is 8.78 Å². The lowest BCUT2D eigenvalue weighted by Crippen LogP contribution is -2.60. The molecule has 0 radical (unpaired) electrons. The highest BCUT2D eigenvalue weighted by Crippen LogP contribution is 2.67. The van der Waals surface area contributed by atoms with Crippen LogP contribution in [0, 0.1) is 46.8 Å². The summed E-state index contributed by atoms with van der Waals surface area (Å²) in [5.41, 5.74) is 0.814. The van der Waals surface area contributed by atoms with Crippen LogP contribution in [0.2, 0.25) is 0 Å². The Labute approximate surface area is 363 Å². The first kappa shape index (κ1) is 40.5. The third kappa shape index (κ3) is 5.78. The number of rotatable bonds is 7. The number of carbonyl (C=O) groups excluding carboxylic acids is 4. The smallest absolute Gasteiger partial charge is 0.258 e. The van der Waals surface area contributed by atoms with Gasteiger partial charge in [0.05, 0.1) is 17.5 Å². The quantitative estimate of drug-likeness (QED) is 0.0420. The molecule has 2 saturated heterocycles. The number of halogens is 7. The molecule has 63 heavy (non-hydrogen) atoms. The first-order valence-corrected chi connectivity index (χ1v) is 20.2. The third-order valence-electron chi connectivity index (χ3n) is 12.4. The van der Waals surface area contributed by atoms with E-state index in [-0.39, 0.29) is 40.5 Å². The number of oxazole rings is 1. The molecule has 1 saturated carbocycles. The molecule has 4 amide bonds. The number of aromatic nitrogens is 1. The van der Waals surface area contributed by atoms with Crippen molar-refractivity contribution >= 4 is 69.3 Å². The average molecular weight is 901 g/mol. The Morgan fingerprint density at radius 3 is 2.11 bits per heavy atom. The van der Waals surface area contributed by atoms with E-state index < -0.39 is 104 Å². The van der Waals surface area contributed by atoms with Crippen molar-refractivity contribution in [2.24, 2.45) is 17.8 Å². The molecule has 0 unspecified atom stereocenters. The topological polar surface area (TPSA) is 130 Å². The van der Waals surface area contributed by atoms with E-state index in [1.807, 2.05) is 6.07 Å². The Bertz CT molecular complexity index is 2940. The molecule has 10 nitrogen and oxygen atoms in total. The van der Waals surface area contributed by atoms with E-state index in [9.17, 15) is 37.5 Å². The standard InChI is InChI=1S/C46H28Cl2F5N3O7/c47-45-19-28-25(16-17-27-32(28)42(59)55(41(27)58)23-12-10-22(11-13-23)40-54-29-8-4-5-9-31(29)63-40)33(26-15-14-24(18-30(26)57)62-20-21-6-2-1-3-7-21)46(45,48)44(61)56(43(45)60)39-37(52)35(50)34(49)36(51)38(39)53/h1-16,18,27-28,32-33,57H,17,19-20H2/t27-,28+,32-,33+,45+,46-/m0/s1. The van der Waals surface area contributed by atoms with Gasteiger partial charge in [-0.05, 0) is 66.8 Å². The van der Waals surface area contributed by atoms with Crippen LogP contribution in [0.5, 0.6) is 11.5 Å². The molecule has 3 heterocycles. The number of fused-ring (bicyclic) bond motifs is 5. The fraction of sp³-hybridized carbons (Fsp3) is 0.196. The van der Waals surface area contributed by atoms with Crippen LogP contribution >= 0.6 is 23.2 Å². The Balaban J connectivity index is 1.06. The summed E-state index contributed by atoms with van der Waals surface area (Å²) in [6.07, 6.45) is 0.737. The van der Waals surface area contributed by atoms with Gasteiger partial charge in [-0.2, -0.15) is 0 Å². The zero-order chi connectivity index (χ0) is 44.3. The summed E-state index contributed by atoms with van der Waals surface area (Å²) in [7, 11) is 0. The molecule has 6 aromatic rings. The Hall–Kier alpha value is -6.58. The first-order valence-electron chi connectivity index (χ1n) is 19.5. The second kappa shape index (κ2) is 14.5. The number of amides is 4. The van der Waals surface area contributed by atoms with Crippen LogP contribution in [0.3, 0.4) is 0 Å². The average Bonchev–Trinajstić information content (AvgIpc) is 3.88. The van der Waals surface area contributed by atoms with Gasteiger partial charge >= 0.3 is 0 Å². The number of phenols is 1. The summed E-state index contributed by atoms with van der Waals surface area (Å²) in [4.78, 5) is 57.7. The number of alkyl halides is 2. The number of hydrogen-bond acceptors (Lipinski definition) is 8. The van der Waals surface area contributed by atoms with Crippen LogP contribution in [-0.2, 0) is 25.8 Å². The second-order valence-electron chi connectivity index (χ2n) is 15.7. The van der Waals surface area contributed by atoms with Crippen molar-refractivity contribution in [1.82, 2.24) is 4.98 Å². The highest BCUT2D eigenvalue weighted by atomic mass is 35.5. The van der Waals surface area contributed by atoms with E-state index in [0.717, 1.165) is 10.5 Å². The number of hydrogen-bond donors (Lipinski definition) is 1. The van der Waals surface area contributed by atoms with Gasteiger partial charge in [-0.1, -0.05) is 60.2 Å². The summed E-state index contributed by atoms with van der Waals surface area (Å²) < 4.78 is 86.2. The number of imide groups is 2. The molecular formula is C46H28Cl2F5N3O7. The van der Waals surface area contributed by atoms with Crippen molar-refractivity contribution in [3.8, 4) is 23.0 Å². The van der Waals surface area contributed by atoms with Gasteiger partial charge in [0.2, 0.25) is 23.5 Å². The molecule has 2 aliphatic heterocycles. The molecule has 1 aromatic heterocycles. The molecule has 5 aromatic carbocycles. The highest BCUT2D eigenvalue weighted by Gasteiger charge is 2.77. The predicted molar refractivity (Wildman–Crippen MR) is 217 cm³/mol. The van der Waals surface area contributed by atoms with Crippen LogP contribution in [0.25, 0.3) is 22.6 Å². The molecule has 0 bridgehead atoms. The lowest BCUT2D eigenvalue weighted by Gasteiger charge is -2.50. The summed E-state index contributed by atoms with van der Waals surface area (Å²) in [6.45, 7) is 0.0829. The maximum Gasteiger partial charge on any atom is 0.258 e. The number of benzene rings is 5. The Morgan fingerprint density at radius 1 is 0.762 bits per heavy atom. The zero-order valence-corrected chi connectivity index (χ0v) is 33.6. The van der Waals surface area contributed by atoms with Gasteiger partial charge < -0.3 is 14.3 Å². The minimum absolute atomic E-state index is 0.0829. The van der Waals surface area contributed by atoms with E-state index in [1.54, 1.807) is 66.7 Å². The van der Waals surface area contributed by atoms with Crippen LogP contribution in [-0.4, -0.2) is 43.5 Å². The maximum atomic E-state index is 15.5. The summed E-state index contributed by atoms with van der Waals surface area (Å²) in [5, 5.41) is 11.7. The predicted octanol–water partition coefficient (Wildman–Crippen LogP) is 9.24. The number of carbonyl (C=O) groups is 4. The molecule has 1 N–H and O–H groups in total. The van der Waals surface area contributed by atoms with Gasteiger partial charge in [0.1, 0.15) is 29.3 Å². The maximum absolute atomic E-state index is 15.5. The molecule has 4 aliphatic rings. The minimum atomic E-state index is -2.82. The van der Waals surface area contributed by atoms with Gasteiger partial charge in [0.15, 0.2) is 38.6 Å². The van der Waals surface area contributed by atoms with Crippen molar-refractivity contribution in [2.45, 2.75) is 35.1 Å². The SMILES string of the molecule is O=C1[C@H]2[C@H](CC=C3[C@H]2C[C@@]2(Cl)C(=O)N(c4c(F)c(F)c(F)c(F)c4F)C(=O)[C@@]2(Cl)[C@H]3c2ccc(OCc3ccccc3)cc2O)C(=O)N1c1ccc(-c2nc3ccccc3o2)cc1. The number of phenolic OH excluding ortho intramolecular Hbond substituents is 1. The van der Waals surface area contributed by atoms with E-state index in [2.05, 4.69) is 4.98 Å². The Morgan fingerprint density at radius 2 is 1.43 bits per heavy atom. The van der Waals surface area contributed by atoms with E-state index in [4.69, 9.17) is 32.4 Å². The number of para-hydroxylation sites is 2. The lowest BCUT2D eigenvalue weighted by molar-refractivity contribution is -0.125. The van der Waals surface area contributed by atoms with Crippen LogP contribution in [0.4, 0.5) is 33.3 Å². The van der Waals surface area contributed by atoms with Crippen molar-refractivity contribution < 1.29 is 55.4 Å². The number of nitrogens with zero attached hydrogens (tertiary/aromatic N) is 3. The van der Waals surface area contributed by atoms with Crippen molar-refractivity contribution in [3.05, 3.63) is 149 Å². The van der Waals surface area contributed by atoms with Gasteiger partial charge in [-0.25, -0.2) is 31.8 Å². The second-order valence-corrected chi connectivity index (χ2v) is 17.0. The van der Waals surface area contributed by atoms with Crippen molar-refractivity contribution in [3.63, 3.8) is 0 Å². The number of aromatic hydroxyl groups is 1. The van der Waals surface area contributed by atoms with E-state index in [0.29, 0.717) is 22.6 Å². The van der Waals surface area contributed by atoms with Gasteiger partial charge in [-0.15, -0.1) is 23.2 Å². The fourth-order valence-corrected chi connectivity index (χ4v) is 10.4. The summed E-state index contributed by atoms with van der Waals surface area (Å²) in [5.74, 6) is -22.3. The molecule has 3 fully saturated rings. The molecular weight excluding hydrogens is 872 g/mol. The largest absolute Gasteiger partial charge is 0.508 e. The van der Waals surface area contributed by atoms with Crippen LogP contribution in [0.15, 0.2) is 113 Å². The lowest BCUT2D eigenvalue weighted by atomic mass is 9.56. The molecule has 17 heteroatoms. The van der Waals surface area contributed by atoms with E-state index in [1.165, 1.54) is 30.3 Å². The molecule has 6 atom stereocenters. The number of allylic oxidation sites excluding steroid dienone is 2. The van der Waals surface area contributed by atoms with Gasteiger partial charge in [-0.3, -0.25) is 24.1 Å². The molecule has 318 valence electrons. The molecule has 0 spiro atoms. The summed E-state index contributed by atoms with van der Waals surface area (Å²) in [6, 6.07) is 26.4. The normalized spacial score (nSPS) is 25.3. The van der Waals surface area contributed by atoms with Crippen molar-refractivity contribution in [2.75, 3.05) is 9.80 Å². The Kier molecular flexibility index (Phi) is 9.31. The zero-order valence-electron chi connectivity index (χ0n) is 32.1. The summed E-state index contributed by atoms with van der Waals surface area (Å²) >= 11 is 14.5. The molecule has 2 aliphatic carbocycles. The van der Waals surface area contributed by atoms with Gasteiger partial charge in [0.25, 0.3) is 11.8 Å². The van der Waals surface area contributed by atoms with Gasteiger partial charge in [0, 0.05) is 23.1 Å². The number of ether oxygens (including phenoxy) is 1. The molecule has 10 rings (SSSR count). The monoisotopic (exact) mass is 899 g/mol. The highest BCUT2D eigenvalue weighted by molar-refractivity contribution is 6.58. The number of anilines is 2. The fourth-order valence-electron chi connectivity index (χ4n) is 9.51. The first-order chi connectivity index (χ1) is 30.1. The van der Waals surface area contributed by atoms with Crippen LogP contribution in [0.1, 0.15) is 29.9 Å². The third-order valence-corrected chi connectivity index (χ3v) is 13.9. The van der Waals surface area contributed by atoms with Crippen LogP contribution < -0.4 is 14.5 Å².